The van der Waals surface area contributed by atoms with Crippen molar-refractivity contribution in [3.63, 3.8) is 0 Å². The van der Waals surface area contributed by atoms with Gasteiger partial charge >= 0.3 is 0 Å². The van der Waals surface area contributed by atoms with Crippen molar-refractivity contribution in [3.8, 4) is 6.07 Å². The summed E-state index contributed by atoms with van der Waals surface area (Å²) in [7, 11) is 0. The molecule has 27 heavy (non-hydrogen) atoms. The van der Waals surface area contributed by atoms with Crippen LogP contribution in [0.4, 0.5) is 0 Å². The molecule has 4 rings (SSSR count). The minimum absolute atomic E-state index is 0.00562. The number of nitrogens with zero attached hydrogens (tertiary/aromatic N) is 6. The van der Waals surface area contributed by atoms with Gasteiger partial charge in [0.2, 0.25) is 0 Å². The van der Waals surface area contributed by atoms with Crippen molar-refractivity contribution in [3.05, 3.63) is 47.3 Å². The average Bonchev–Trinajstić information content (AvgIpc) is 3.16. The molecule has 0 atom stereocenters. The van der Waals surface area contributed by atoms with Gasteiger partial charge in [0.1, 0.15) is 0 Å². The SMILES string of the molecule is N#Cc1ccc(C(=O)N2CC(n3cc(C(=O)N4CCOCC4)nn3)C2)cc1. The van der Waals surface area contributed by atoms with Gasteiger partial charge in [-0.2, -0.15) is 5.26 Å². The smallest absolute Gasteiger partial charge is 0.276 e. The summed E-state index contributed by atoms with van der Waals surface area (Å²) in [6.07, 6.45) is 1.64. The zero-order valence-corrected chi connectivity index (χ0v) is 14.6. The summed E-state index contributed by atoms with van der Waals surface area (Å²) in [5, 5.41) is 16.9. The Morgan fingerprint density at radius 2 is 1.78 bits per heavy atom. The predicted octanol–water partition coefficient (Wildman–Crippen LogP) is 0.319. The molecule has 3 heterocycles. The molecular formula is C18H18N6O3. The van der Waals surface area contributed by atoms with Crippen LogP contribution < -0.4 is 0 Å². The third-order valence-electron chi connectivity index (χ3n) is 4.81. The third-order valence-corrected chi connectivity index (χ3v) is 4.81. The first-order chi connectivity index (χ1) is 13.2. The number of likely N-dealkylation sites (tertiary alicyclic amines) is 1. The number of carbonyl (C=O) groups is 2. The van der Waals surface area contributed by atoms with Crippen LogP contribution in [0.1, 0.15) is 32.5 Å². The molecule has 2 amide bonds. The Bertz CT molecular complexity index is 889. The van der Waals surface area contributed by atoms with E-state index < -0.39 is 0 Å². The van der Waals surface area contributed by atoms with Gasteiger partial charge in [0.05, 0.1) is 37.1 Å². The summed E-state index contributed by atoms with van der Waals surface area (Å²) in [5.74, 6) is -0.227. The number of benzene rings is 1. The normalized spacial score (nSPS) is 17.3. The van der Waals surface area contributed by atoms with E-state index in [0.717, 1.165) is 0 Å². The Balaban J connectivity index is 1.35. The lowest BCUT2D eigenvalue weighted by Gasteiger charge is -2.38. The molecule has 138 valence electrons. The maximum absolute atomic E-state index is 12.4. The number of hydrogen-bond donors (Lipinski definition) is 0. The summed E-state index contributed by atoms with van der Waals surface area (Å²) in [6.45, 7) is 3.20. The molecule has 0 spiro atoms. The fourth-order valence-electron chi connectivity index (χ4n) is 3.14. The van der Waals surface area contributed by atoms with Crippen molar-refractivity contribution in [2.75, 3.05) is 39.4 Å². The average molecular weight is 366 g/mol. The topological polar surface area (TPSA) is 104 Å². The van der Waals surface area contributed by atoms with Crippen molar-refractivity contribution < 1.29 is 14.3 Å². The Labute approximate surface area is 155 Å². The lowest BCUT2D eigenvalue weighted by Crippen LogP contribution is -2.50. The van der Waals surface area contributed by atoms with Crippen LogP contribution in [0.5, 0.6) is 0 Å². The van der Waals surface area contributed by atoms with Crippen LogP contribution in [-0.4, -0.2) is 76.0 Å². The van der Waals surface area contributed by atoms with E-state index in [0.29, 0.717) is 56.2 Å². The van der Waals surface area contributed by atoms with E-state index in [4.69, 9.17) is 10.00 Å². The Morgan fingerprint density at radius 3 is 2.44 bits per heavy atom. The number of amides is 2. The molecule has 0 N–H and O–H groups in total. The van der Waals surface area contributed by atoms with E-state index in [1.165, 1.54) is 0 Å². The molecule has 0 saturated carbocycles. The van der Waals surface area contributed by atoms with E-state index >= 15 is 0 Å². The van der Waals surface area contributed by atoms with E-state index in [1.807, 2.05) is 6.07 Å². The number of rotatable bonds is 3. The first-order valence-electron chi connectivity index (χ1n) is 8.74. The molecule has 2 fully saturated rings. The number of ether oxygens (including phenoxy) is 1. The fraction of sp³-hybridized carbons (Fsp3) is 0.389. The third kappa shape index (κ3) is 3.39. The van der Waals surface area contributed by atoms with Gasteiger partial charge in [0.25, 0.3) is 11.8 Å². The zero-order chi connectivity index (χ0) is 18.8. The van der Waals surface area contributed by atoms with Crippen LogP contribution in [0.25, 0.3) is 0 Å². The highest BCUT2D eigenvalue weighted by atomic mass is 16.5. The monoisotopic (exact) mass is 366 g/mol. The molecule has 0 radical (unpaired) electrons. The van der Waals surface area contributed by atoms with E-state index in [1.54, 1.807) is 44.9 Å². The molecule has 9 nitrogen and oxygen atoms in total. The molecule has 2 aliphatic rings. The second-order valence-corrected chi connectivity index (χ2v) is 6.54. The van der Waals surface area contributed by atoms with Gasteiger partial charge in [-0.05, 0) is 24.3 Å². The molecule has 9 heteroatoms. The van der Waals surface area contributed by atoms with E-state index in [2.05, 4.69) is 10.3 Å². The highest BCUT2D eigenvalue weighted by Gasteiger charge is 2.34. The second kappa shape index (κ2) is 7.17. The van der Waals surface area contributed by atoms with Crippen LogP contribution in [0, 0.1) is 11.3 Å². The maximum atomic E-state index is 12.4. The molecule has 0 bridgehead atoms. The van der Waals surface area contributed by atoms with Crippen molar-refractivity contribution in [2.45, 2.75) is 6.04 Å². The molecular weight excluding hydrogens is 348 g/mol. The van der Waals surface area contributed by atoms with Crippen LogP contribution in [0.15, 0.2) is 30.5 Å². The van der Waals surface area contributed by atoms with Gasteiger partial charge in [-0.15, -0.1) is 5.10 Å². The summed E-state index contributed by atoms with van der Waals surface area (Å²) in [5.41, 5.74) is 1.39. The molecule has 2 aliphatic heterocycles. The molecule has 2 saturated heterocycles. The number of nitriles is 1. The van der Waals surface area contributed by atoms with Crippen LogP contribution >= 0.6 is 0 Å². The van der Waals surface area contributed by atoms with Crippen molar-refractivity contribution in [2.24, 2.45) is 0 Å². The van der Waals surface area contributed by atoms with E-state index in [9.17, 15) is 9.59 Å². The van der Waals surface area contributed by atoms with Crippen LogP contribution in [0.3, 0.4) is 0 Å². The standard InChI is InChI=1S/C18H18N6O3/c19-9-13-1-3-14(4-2-13)17(25)23-10-15(11-23)24-12-16(20-21-24)18(26)22-5-7-27-8-6-22/h1-4,12,15H,5-8,10-11H2. The van der Waals surface area contributed by atoms with Gasteiger partial charge in [-0.3, -0.25) is 9.59 Å². The Morgan fingerprint density at radius 1 is 1.07 bits per heavy atom. The quantitative estimate of drug-likeness (QED) is 0.775. The number of carbonyl (C=O) groups excluding carboxylic acids is 2. The van der Waals surface area contributed by atoms with Crippen molar-refractivity contribution in [1.29, 1.82) is 5.26 Å². The first-order valence-corrected chi connectivity index (χ1v) is 8.74. The predicted molar refractivity (Wildman–Crippen MR) is 92.8 cm³/mol. The van der Waals surface area contributed by atoms with Crippen LogP contribution in [-0.2, 0) is 4.74 Å². The zero-order valence-electron chi connectivity index (χ0n) is 14.6. The summed E-state index contributed by atoms with van der Waals surface area (Å²) >= 11 is 0. The van der Waals surface area contributed by atoms with Gasteiger partial charge in [0.15, 0.2) is 5.69 Å². The molecule has 0 aliphatic carbocycles. The number of hydrogen-bond acceptors (Lipinski definition) is 6. The molecule has 0 unspecified atom stereocenters. The Kier molecular flexibility index (Phi) is 4.56. The summed E-state index contributed by atoms with van der Waals surface area (Å²) in [6, 6.07) is 8.61. The maximum Gasteiger partial charge on any atom is 0.276 e. The van der Waals surface area contributed by atoms with Crippen molar-refractivity contribution >= 4 is 11.8 Å². The molecule has 2 aromatic rings. The summed E-state index contributed by atoms with van der Waals surface area (Å²) in [4.78, 5) is 28.3. The Hall–Kier alpha value is -3.25. The largest absolute Gasteiger partial charge is 0.378 e. The van der Waals surface area contributed by atoms with E-state index in [-0.39, 0.29) is 17.9 Å². The van der Waals surface area contributed by atoms with Gasteiger partial charge in [0, 0.05) is 31.7 Å². The fourth-order valence-corrected chi connectivity index (χ4v) is 3.14. The van der Waals surface area contributed by atoms with Gasteiger partial charge in [-0.25, -0.2) is 4.68 Å². The first kappa shape index (κ1) is 17.2. The molecule has 1 aromatic heterocycles. The minimum atomic E-state index is -0.144. The van der Waals surface area contributed by atoms with Gasteiger partial charge < -0.3 is 14.5 Å². The van der Waals surface area contributed by atoms with Crippen molar-refractivity contribution in [1.82, 2.24) is 24.8 Å². The highest BCUT2D eigenvalue weighted by Crippen LogP contribution is 2.23. The van der Waals surface area contributed by atoms with Gasteiger partial charge in [-0.1, -0.05) is 5.21 Å². The lowest BCUT2D eigenvalue weighted by molar-refractivity contribution is 0.0298. The van der Waals surface area contributed by atoms with Crippen LogP contribution in [0.2, 0.25) is 0 Å². The lowest BCUT2D eigenvalue weighted by atomic mass is 10.1. The number of aromatic nitrogens is 3. The summed E-state index contributed by atoms with van der Waals surface area (Å²) < 4.78 is 6.90. The molecule has 1 aromatic carbocycles. The minimum Gasteiger partial charge on any atom is -0.378 e. The highest BCUT2D eigenvalue weighted by molar-refractivity contribution is 5.95. The second-order valence-electron chi connectivity index (χ2n) is 6.54. The number of morpholine rings is 1.